The molecule has 0 saturated heterocycles. The molecule has 134 valence electrons. The van der Waals surface area contributed by atoms with Crippen LogP contribution < -0.4 is 15.0 Å². The van der Waals surface area contributed by atoms with Crippen molar-refractivity contribution in [2.24, 2.45) is 5.92 Å². The molecule has 1 N–H and O–H groups in total. The number of nitrogens with one attached hydrogen (secondary N) is 1. The van der Waals surface area contributed by atoms with Gasteiger partial charge in [-0.3, -0.25) is 4.68 Å². The van der Waals surface area contributed by atoms with Crippen LogP contribution in [0.4, 0.5) is 11.6 Å². The maximum atomic E-state index is 5.25. The number of methoxy groups -OCH3 is 1. The SMILES string of the molecule is COc1cc(N2Cc3ccnn3CC(CNc3ccccn3)C2)ncn1. The highest BCUT2D eigenvalue weighted by Gasteiger charge is 2.23. The molecular weight excluding hydrogens is 330 g/mol. The molecule has 1 aliphatic heterocycles. The van der Waals surface area contributed by atoms with Gasteiger partial charge in [0, 0.05) is 44.0 Å². The summed E-state index contributed by atoms with van der Waals surface area (Å²) < 4.78 is 7.32. The van der Waals surface area contributed by atoms with Crippen LogP contribution in [-0.2, 0) is 13.1 Å². The average Bonchev–Trinajstić information content (AvgIpc) is 3.05. The highest BCUT2D eigenvalue weighted by atomic mass is 16.5. The van der Waals surface area contributed by atoms with Gasteiger partial charge in [0.2, 0.25) is 5.88 Å². The Labute approximate surface area is 151 Å². The van der Waals surface area contributed by atoms with Crippen molar-refractivity contribution < 1.29 is 4.74 Å². The van der Waals surface area contributed by atoms with Crippen molar-refractivity contribution in [3.05, 3.63) is 54.7 Å². The summed E-state index contributed by atoms with van der Waals surface area (Å²) in [5, 5.41) is 7.90. The van der Waals surface area contributed by atoms with E-state index in [1.54, 1.807) is 13.3 Å². The highest BCUT2D eigenvalue weighted by Crippen LogP contribution is 2.23. The lowest BCUT2D eigenvalue weighted by atomic mass is 10.1. The Morgan fingerprint density at radius 2 is 2.12 bits per heavy atom. The van der Waals surface area contributed by atoms with Gasteiger partial charge in [0.15, 0.2) is 0 Å². The Balaban J connectivity index is 1.55. The first-order valence-electron chi connectivity index (χ1n) is 8.58. The lowest BCUT2D eigenvalue weighted by Gasteiger charge is -2.25. The predicted octanol–water partition coefficient (Wildman–Crippen LogP) is 1.83. The average molecular weight is 351 g/mol. The molecule has 0 bridgehead atoms. The Morgan fingerprint density at radius 1 is 1.15 bits per heavy atom. The van der Waals surface area contributed by atoms with Crippen molar-refractivity contribution in [2.75, 3.05) is 30.4 Å². The number of ether oxygens (including phenoxy) is 1. The quantitative estimate of drug-likeness (QED) is 0.751. The minimum atomic E-state index is 0.346. The van der Waals surface area contributed by atoms with Gasteiger partial charge in [-0.2, -0.15) is 5.10 Å². The third-order valence-corrected chi connectivity index (χ3v) is 4.46. The van der Waals surface area contributed by atoms with Gasteiger partial charge in [0.25, 0.3) is 0 Å². The van der Waals surface area contributed by atoms with E-state index in [0.717, 1.165) is 37.8 Å². The first-order chi connectivity index (χ1) is 12.8. The van der Waals surface area contributed by atoms with Gasteiger partial charge in [-0.1, -0.05) is 6.07 Å². The summed E-state index contributed by atoms with van der Waals surface area (Å²) in [6, 6.07) is 9.79. The van der Waals surface area contributed by atoms with Crippen LogP contribution in [0.5, 0.6) is 5.88 Å². The van der Waals surface area contributed by atoms with Crippen LogP contribution in [0.1, 0.15) is 5.69 Å². The summed E-state index contributed by atoms with van der Waals surface area (Å²) in [4.78, 5) is 15.1. The first-order valence-corrected chi connectivity index (χ1v) is 8.58. The Kier molecular flexibility index (Phi) is 4.63. The molecule has 26 heavy (non-hydrogen) atoms. The van der Waals surface area contributed by atoms with Gasteiger partial charge in [-0.25, -0.2) is 15.0 Å². The van der Waals surface area contributed by atoms with E-state index in [2.05, 4.69) is 41.0 Å². The molecule has 8 heteroatoms. The molecule has 0 aromatic carbocycles. The molecule has 1 atom stereocenters. The molecule has 0 spiro atoms. The van der Waals surface area contributed by atoms with Gasteiger partial charge in [-0.05, 0) is 18.2 Å². The highest BCUT2D eigenvalue weighted by molar-refractivity contribution is 5.42. The number of aromatic nitrogens is 5. The number of nitrogens with zero attached hydrogens (tertiary/aromatic N) is 6. The van der Waals surface area contributed by atoms with Gasteiger partial charge < -0.3 is 15.0 Å². The summed E-state index contributed by atoms with van der Waals surface area (Å²) in [7, 11) is 1.61. The van der Waals surface area contributed by atoms with Crippen LogP contribution in [0.15, 0.2) is 49.1 Å². The fraction of sp³-hybridized carbons (Fsp3) is 0.333. The van der Waals surface area contributed by atoms with Crippen molar-refractivity contribution in [1.82, 2.24) is 24.7 Å². The number of pyridine rings is 1. The molecule has 4 heterocycles. The molecule has 4 rings (SSSR count). The van der Waals surface area contributed by atoms with Crippen LogP contribution in [-0.4, -0.2) is 44.9 Å². The zero-order chi connectivity index (χ0) is 17.8. The topological polar surface area (TPSA) is 81.0 Å². The zero-order valence-electron chi connectivity index (χ0n) is 14.6. The summed E-state index contributed by atoms with van der Waals surface area (Å²) >= 11 is 0. The lowest BCUT2D eigenvalue weighted by Crippen LogP contribution is -2.32. The first kappa shape index (κ1) is 16.3. The van der Waals surface area contributed by atoms with Crippen molar-refractivity contribution in [2.45, 2.75) is 13.1 Å². The minimum Gasteiger partial charge on any atom is -0.481 e. The molecule has 3 aromatic heterocycles. The van der Waals surface area contributed by atoms with E-state index < -0.39 is 0 Å². The summed E-state index contributed by atoms with van der Waals surface area (Å²) in [5.41, 5.74) is 1.17. The van der Waals surface area contributed by atoms with Crippen molar-refractivity contribution in [3.8, 4) is 5.88 Å². The van der Waals surface area contributed by atoms with Crippen LogP contribution in [0.25, 0.3) is 0 Å². The maximum absolute atomic E-state index is 5.25. The third kappa shape index (κ3) is 3.58. The minimum absolute atomic E-state index is 0.346. The standard InChI is InChI=1S/C18H21N7O/c1-26-18-8-17(21-13-22-18)24-10-14(9-20-16-4-2-3-6-19-16)11-25-15(12-24)5-7-23-25/h2-8,13-14H,9-12H2,1H3,(H,19,20). The molecule has 3 aromatic rings. The second-order valence-electron chi connectivity index (χ2n) is 6.27. The van der Waals surface area contributed by atoms with E-state index >= 15 is 0 Å². The fourth-order valence-electron chi connectivity index (χ4n) is 3.17. The molecule has 0 aliphatic carbocycles. The molecule has 1 unspecified atom stereocenters. The third-order valence-electron chi connectivity index (χ3n) is 4.46. The molecular formula is C18H21N7O. The van der Waals surface area contributed by atoms with Gasteiger partial charge in [-0.15, -0.1) is 0 Å². The number of anilines is 2. The van der Waals surface area contributed by atoms with Gasteiger partial charge in [0.05, 0.1) is 19.3 Å². The zero-order valence-corrected chi connectivity index (χ0v) is 14.6. The maximum Gasteiger partial charge on any atom is 0.218 e. The monoisotopic (exact) mass is 351 g/mol. The van der Waals surface area contributed by atoms with Crippen molar-refractivity contribution >= 4 is 11.6 Å². The van der Waals surface area contributed by atoms with Crippen LogP contribution in [0.2, 0.25) is 0 Å². The van der Waals surface area contributed by atoms with E-state index in [1.807, 2.05) is 30.5 Å². The molecule has 0 saturated carbocycles. The lowest BCUT2D eigenvalue weighted by molar-refractivity contribution is 0.396. The van der Waals surface area contributed by atoms with E-state index in [0.29, 0.717) is 11.8 Å². The van der Waals surface area contributed by atoms with Gasteiger partial charge in [0.1, 0.15) is 18.0 Å². The van der Waals surface area contributed by atoms with E-state index in [4.69, 9.17) is 4.74 Å². The van der Waals surface area contributed by atoms with Gasteiger partial charge >= 0.3 is 0 Å². The number of hydrogen-bond donors (Lipinski definition) is 1. The van der Waals surface area contributed by atoms with E-state index in [1.165, 1.54) is 12.0 Å². The summed E-state index contributed by atoms with van der Waals surface area (Å²) in [6.45, 7) is 3.25. The molecule has 0 fully saturated rings. The second kappa shape index (κ2) is 7.38. The Bertz CT molecular complexity index is 852. The van der Waals surface area contributed by atoms with Crippen LogP contribution in [0.3, 0.4) is 0 Å². The predicted molar refractivity (Wildman–Crippen MR) is 98.1 cm³/mol. The summed E-state index contributed by atoms with van der Waals surface area (Å²) in [6.07, 6.45) is 5.18. The Morgan fingerprint density at radius 3 is 2.96 bits per heavy atom. The van der Waals surface area contributed by atoms with E-state index in [-0.39, 0.29) is 0 Å². The second-order valence-corrected chi connectivity index (χ2v) is 6.27. The normalized spacial score (nSPS) is 16.7. The number of hydrogen-bond acceptors (Lipinski definition) is 7. The molecule has 8 nitrogen and oxygen atoms in total. The number of rotatable bonds is 5. The van der Waals surface area contributed by atoms with Crippen LogP contribution >= 0.6 is 0 Å². The smallest absolute Gasteiger partial charge is 0.218 e. The van der Waals surface area contributed by atoms with Crippen LogP contribution in [0, 0.1) is 5.92 Å². The van der Waals surface area contributed by atoms with Crippen molar-refractivity contribution in [3.63, 3.8) is 0 Å². The Hall–Kier alpha value is -3.16. The van der Waals surface area contributed by atoms with E-state index in [9.17, 15) is 0 Å². The number of fused-ring (bicyclic) bond motifs is 1. The summed E-state index contributed by atoms with van der Waals surface area (Å²) in [5.74, 6) is 2.65. The molecule has 0 amide bonds. The largest absolute Gasteiger partial charge is 0.481 e. The molecule has 0 radical (unpaired) electrons. The fourth-order valence-corrected chi connectivity index (χ4v) is 3.17. The molecule has 1 aliphatic rings. The van der Waals surface area contributed by atoms with Crippen molar-refractivity contribution in [1.29, 1.82) is 0 Å².